The van der Waals surface area contributed by atoms with E-state index in [4.69, 9.17) is 17.3 Å². The van der Waals surface area contributed by atoms with Crippen LogP contribution in [0.3, 0.4) is 0 Å². The molecule has 0 unspecified atom stereocenters. The third-order valence-electron chi connectivity index (χ3n) is 2.64. The van der Waals surface area contributed by atoms with Gasteiger partial charge >= 0.3 is 0 Å². The number of anilines is 1. The van der Waals surface area contributed by atoms with Crippen LogP contribution in [0, 0.1) is 0 Å². The summed E-state index contributed by atoms with van der Waals surface area (Å²) in [5.74, 6) is 0. The van der Waals surface area contributed by atoms with Gasteiger partial charge in [-0.2, -0.15) is 0 Å². The molecule has 0 aromatic heterocycles. The van der Waals surface area contributed by atoms with Crippen LogP contribution in [0.15, 0.2) is 51.8 Å². The summed E-state index contributed by atoms with van der Waals surface area (Å²) in [7, 11) is -3.62. The van der Waals surface area contributed by atoms with Gasteiger partial charge in [0.1, 0.15) is 0 Å². The van der Waals surface area contributed by atoms with Crippen LogP contribution in [0.4, 0.5) is 5.69 Å². The van der Waals surface area contributed by atoms with Crippen LogP contribution in [-0.2, 0) is 16.6 Å². The molecule has 0 fully saturated rings. The molecular formula is C13H12BrClN2O2S. The maximum Gasteiger partial charge on any atom is 0.261 e. The van der Waals surface area contributed by atoms with Crippen molar-refractivity contribution in [2.24, 2.45) is 5.73 Å². The molecule has 0 bridgehead atoms. The zero-order valence-electron chi connectivity index (χ0n) is 10.3. The molecule has 106 valence electrons. The highest BCUT2D eigenvalue weighted by Gasteiger charge is 2.14. The molecular weight excluding hydrogens is 364 g/mol. The van der Waals surface area contributed by atoms with E-state index in [9.17, 15) is 8.42 Å². The van der Waals surface area contributed by atoms with Gasteiger partial charge in [-0.3, -0.25) is 4.72 Å². The van der Waals surface area contributed by atoms with Crippen molar-refractivity contribution in [1.29, 1.82) is 0 Å². The minimum atomic E-state index is -3.62. The quantitative estimate of drug-likeness (QED) is 0.860. The second-order valence-corrected chi connectivity index (χ2v) is 7.03. The zero-order chi connectivity index (χ0) is 14.8. The van der Waals surface area contributed by atoms with Gasteiger partial charge in [0.2, 0.25) is 0 Å². The van der Waals surface area contributed by atoms with Gasteiger partial charge in [0.25, 0.3) is 10.0 Å². The number of hydrogen-bond acceptors (Lipinski definition) is 3. The standard InChI is InChI=1S/C13H12BrClN2O2S/c14-12-7-10(3-6-13(12)15)17-20(18,19)11-4-1-9(8-16)2-5-11/h1-7,17H,8,16H2. The topological polar surface area (TPSA) is 72.2 Å². The van der Waals surface area contributed by atoms with Crippen molar-refractivity contribution in [3.63, 3.8) is 0 Å². The van der Waals surface area contributed by atoms with Crippen LogP contribution in [0.2, 0.25) is 5.02 Å². The van der Waals surface area contributed by atoms with Gasteiger partial charge in [0, 0.05) is 11.0 Å². The molecule has 0 heterocycles. The van der Waals surface area contributed by atoms with E-state index in [1.807, 2.05) is 0 Å². The SMILES string of the molecule is NCc1ccc(S(=O)(=O)Nc2ccc(Cl)c(Br)c2)cc1. The van der Waals surface area contributed by atoms with Crippen molar-refractivity contribution in [2.75, 3.05) is 4.72 Å². The molecule has 0 spiro atoms. The number of nitrogens with one attached hydrogen (secondary N) is 1. The molecule has 3 N–H and O–H groups in total. The monoisotopic (exact) mass is 374 g/mol. The second-order valence-electron chi connectivity index (χ2n) is 4.08. The minimum Gasteiger partial charge on any atom is -0.326 e. The fourth-order valence-corrected chi connectivity index (χ4v) is 3.12. The minimum absolute atomic E-state index is 0.181. The fraction of sp³-hybridized carbons (Fsp3) is 0.0769. The first-order valence-corrected chi connectivity index (χ1v) is 8.34. The van der Waals surface area contributed by atoms with Crippen molar-refractivity contribution in [3.05, 3.63) is 57.5 Å². The van der Waals surface area contributed by atoms with Gasteiger partial charge in [0.15, 0.2) is 0 Å². The van der Waals surface area contributed by atoms with Gasteiger partial charge in [-0.25, -0.2) is 8.42 Å². The first kappa shape index (κ1) is 15.3. The summed E-state index contributed by atoms with van der Waals surface area (Å²) in [5, 5.41) is 0.514. The van der Waals surface area contributed by atoms with E-state index in [1.165, 1.54) is 12.1 Å². The summed E-state index contributed by atoms with van der Waals surface area (Å²) in [4.78, 5) is 0.181. The third-order valence-corrected chi connectivity index (χ3v) is 5.25. The molecule has 4 nitrogen and oxygen atoms in total. The van der Waals surface area contributed by atoms with Crippen LogP contribution in [0.25, 0.3) is 0 Å². The molecule has 0 aliphatic carbocycles. The fourth-order valence-electron chi connectivity index (χ4n) is 1.58. The lowest BCUT2D eigenvalue weighted by atomic mass is 10.2. The van der Waals surface area contributed by atoms with Crippen molar-refractivity contribution in [1.82, 2.24) is 0 Å². The molecule has 0 saturated heterocycles. The Morgan fingerprint density at radius 3 is 2.35 bits per heavy atom. The summed E-state index contributed by atoms with van der Waals surface area (Å²) in [6, 6.07) is 11.2. The van der Waals surface area contributed by atoms with Crippen LogP contribution in [0.5, 0.6) is 0 Å². The number of halogens is 2. The van der Waals surface area contributed by atoms with Gasteiger partial charge in [-0.15, -0.1) is 0 Å². The Morgan fingerprint density at radius 2 is 1.80 bits per heavy atom. The Bertz CT molecular complexity index is 718. The predicted molar refractivity (Wildman–Crippen MR) is 84.3 cm³/mol. The molecule has 7 heteroatoms. The van der Waals surface area contributed by atoms with Gasteiger partial charge in [-0.05, 0) is 51.8 Å². The number of benzene rings is 2. The zero-order valence-corrected chi connectivity index (χ0v) is 13.5. The number of rotatable bonds is 4. The van der Waals surface area contributed by atoms with Gasteiger partial charge in [-0.1, -0.05) is 23.7 Å². The Balaban J connectivity index is 2.27. The van der Waals surface area contributed by atoms with Gasteiger partial charge in [0.05, 0.1) is 15.6 Å². The lowest BCUT2D eigenvalue weighted by Gasteiger charge is -2.09. The second kappa shape index (κ2) is 6.13. The smallest absolute Gasteiger partial charge is 0.261 e. The van der Waals surface area contributed by atoms with E-state index in [1.54, 1.807) is 30.3 Å². The summed E-state index contributed by atoms with van der Waals surface area (Å²) in [6.45, 7) is 0.373. The average molecular weight is 376 g/mol. The van der Waals surface area contributed by atoms with Crippen LogP contribution < -0.4 is 10.5 Å². The van der Waals surface area contributed by atoms with Crippen LogP contribution >= 0.6 is 27.5 Å². The molecule has 2 rings (SSSR count). The highest BCUT2D eigenvalue weighted by Crippen LogP contribution is 2.27. The number of sulfonamides is 1. The van der Waals surface area contributed by atoms with E-state index in [0.717, 1.165) is 5.56 Å². The lowest BCUT2D eigenvalue weighted by molar-refractivity contribution is 0.601. The normalized spacial score (nSPS) is 11.3. The third kappa shape index (κ3) is 3.52. The van der Waals surface area contributed by atoms with E-state index in [2.05, 4.69) is 20.7 Å². The van der Waals surface area contributed by atoms with Crippen molar-refractivity contribution in [2.45, 2.75) is 11.4 Å². The van der Waals surface area contributed by atoms with E-state index < -0.39 is 10.0 Å². The highest BCUT2D eigenvalue weighted by atomic mass is 79.9. The first-order chi connectivity index (χ1) is 9.42. The molecule has 20 heavy (non-hydrogen) atoms. The van der Waals surface area contributed by atoms with E-state index in [-0.39, 0.29) is 4.90 Å². The maximum atomic E-state index is 12.2. The Kier molecular flexibility index (Phi) is 4.70. The first-order valence-electron chi connectivity index (χ1n) is 5.69. The molecule has 0 saturated carbocycles. The summed E-state index contributed by atoms with van der Waals surface area (Å²) < 4.78 is 27.5. The summed E-state index contributed by atoms with van der Waals surface area (Å²) >= 11 is 9.11. The number of nitrogens with two attached hydrogens (primary N) is 1. The van der Waals surface area contributed by atoms with Crippen molar-refractivity contribution < 1.29 is 8.42 Å². The van der Waals surface area contributed by atoms with Crippen molar-refractivity contribution >= 4 is 43.2 Å². The Labute approximate surface area is 131 Å². The highest BCUT2D eigenvalue weighted by molar-refractivity contribution is 9.10. The summed E-state index contributed by atoms with van der Waals surface area (Å²) in [5.41, 5.74) is 6.79. The van der Waals surface area contributed by atoms with Crippen LogP contribution in [-0.4, -0.2) is 8.42 Å². The molecule has 0 atom stereocenters. The molecule has 0 aliphatic heterocycles. The van der Waals surface area contributed by atoms with Crippen LogP contribution in [0.1, 0.15) is 5.56 Å². The molecule has 0 radical (unpaired) electrons. The summed E-state index contributed by atoms with van der Waals surface area (Å²) in [6.07, 6.45) is 0. The number of hydrogen-bond donors (Lipinski definition) is 2. The molecule has 2 aromatic carbocycles. The average Bonchev–Trinajstić information content (AvgIpc) is 2.43. The maximum absolute atomic E-state index is 12.2. The van der Waals surface area contributed by atoms with Gasteiger partial charge < -0.3 is 5.73 Å². The molecule has 0 amide bonds. The van der Waals surface area contributed by atoms with E-state index >= 15 is 0 Å². The van der Waals surface area contributed by atoms with E-state index in [0.29, 0.717) is 21.7 Å². The van der Waals surface area contributed by atoms with Crippen molar-refractivity contribution in [3.8, 4) is 0 Å². The predicted octanol–water partition coefficient (Wildman–Crippen LogP) is 3.36. The molecule has 0 aliphatic rings. The molecule has 2 aromatic rings. The Hall–Kier alpha value is -1.08. The Morgan fingerprint density at radius 1 is 1.15 bits per heavy atom. The largest absolute Gasteiger partial charge is 0.326 e. The lowest BCUT2D eigenvalue weighted by Crippen LogP contribution is -2.13.